The lowest BCUT2D eigenvalue weighted by atomic mass is 10.3. The Morgan fingerprint density at radius 1 is 1.53 bits per heavy atom. The van der Waals surface area contributed by atoms with Crippen molar-refractivity contribution in [2.24, 2.45) is 0 Å². The van der Waals surface area contributed by atoms with Crippen LogP contribution in [0, 0.1) is 0 Å². The fraction of sp³-hybridized carbons (Fsp3) is 0.538. The Kier molecular flexibility index (Phi) is 4.09. The third-order valence-electron chi connectivity index (χ3n) is 2.96. The maximum atomic E-state index is 12.0. The highest BCUT2D eigenvalue weighted by Gasteiger charge is 2.27. The van der Waals surface area contributed by atoms with E-state index in [0.717, 1.165) is 12.8 Å². The molecule has 0 aliphatic heterocycles. The normalized spacial score (nSPS) is 14.2. The number of amides is 1. The SMILES string of the molecule is CCOC(=O)CCNC(=O)c1cc(N)cn1C1CC1. The third kappa shape index (κ3) is 3.49. The molecule has 0 atom stereocenters. The second-order valence-corrected chi connectivity index (χ2v) is 4.61. The lowest BCUT2D eigenvalue weighted by Crippen LogP contribution is -2.28. The van der Waals surface area contributed by atoms with E-state index in [1.54, 1.807) is 19.2 Å². The van der Waals surface area contributed by atoms with Crippen LogP contribution in [-0.4, -0.2) is 29.6 Å². The van der Waals surface area contributed by atoms with E-state index in [9.17, 15) is 9.59 Å². The van der Waals surface area contributed by atoms with Crippen molar-refractivity contribution in [3.8, 4) is 0 Å². The predicted molar refractivity (Wildman–Crippen MR) is 70.7 cm³/mol. The smallest absolute Gasteiger partial charge is 0.307 e. The quantitative estimate of drug-likeness (QED) is 0.754. The molecule has 6 heteroatoms. The molecule has 0 aromatic carbocycles. The Morgan fingerprint density at radius 2 is 2.26 bits per heavy atom. The average Bonchev–Trinajstić information content (AvgIpc) is 3.12. The van der Waals surface area contributed by atoms with Gasteiger partial charge in [-0.2, -0.15) is 0 Å². The third-order valence-corrected chi connectivity index (χ3v) is 2.96. The lowest BCUT2D eigenvalue weighted by molar-refractivity contribution is -0.142. The van der Waals surface area contributed by atoms with Gasteiger partial charge in [-0.05, 0) is 25.8 Å². The number of hydrogen-bond acceptors (Lipinski definition) is 4. The van der Waals surface area contributed by atoms with Crippen molar-refractivity contribution in [1.82, 2.24) is 9.88 Å². The molecule has 1 amide bonds. The van der Waals surface area contributed by atoms with Gasteiger partial charge < -0.3 is 20.4 Å². The van der Waals surface area contributed by atoms with Crippen molar-refractivity contribution < 1.29 is 14.3 Å². The highest BCUT2D eigenvalue weighted by molar-refractivity contribution is 5.94. The summed E-state index contributed by atoms with van der Waals surface area (Å²) in [5.41, 5.74) is 6.87. The Hall–Kier alpha value is -1.98. The number of hydrogen-bond donors (Lipinski definition) is 2. The van der Waals surface area contributed by atoms with Crippen molar-refractivity contribution in [1.29, 1.82) is 0 Å². The molecular formula is C13H19N3O3. The Labute approximate surface area is 111 Å². The highest BCUT2D eigenvalue weighted by Crippen LogP contribution is 2.37. The van der Waals surface area contributed by atoms with Crippen LogP contribution in [0.1, 0.15) is 42.7 Å². The van der Waals surface area contributed by atoms with Crippen LogP contribution in [-0.2, 0) is 9.53 Å². The molecule has 0 saturated heterocycles. The van der Waals surface area contributed by atoms with Gasteiger partial charge in [0.25, 0.3) is 5.91 Å². The number of nitrogens with zero attached hydrogens (tertiary/aromatic N) is 1. The molecule has 1 aliphatic rings. The standard InChI is InChI=1S/C13H19N3O3/c1-2-19-12(17)5-6-15-13(18)11-7-9(14)8-16(11)10-3-4-10/h7-8,10H,2-6,14H2,1H3,(H,15,18). The monoisotopic (exact) mass is 265 g/mol. The van der Waals surface area contributed by atoms with Gasteiger partial charge in [0, 0.05) is 18.8 Å². The summed E-state index contributed by atoms with van der Waals surface area (Å²) in [6.07, 6.45) is 4.13. The van der Waals surface area contributed by atoms with E-state index in [0.29, 0.717) is 24.0 Å². The molecule has 1 saturated carbocycles. The summed E-state index contributed by atoms with van der Waals surface area (Å²) in [6.45, 7) is 2.38. The number of esters is 1. The van der Waals surface area contributed by atoms with Crippen LogP contribution in [0.4, 0.5) is 5.69 Å². The fourth-order valence-electron chi connectivity index (χ4n) is 1.94. The van der Waals surface area contributed by atoms with Crippen LogP contribution in [0.5, 0.6) is 0 Å². The van der Waals surface area contributed by atoms with E-state index >= 15 is 0 Å². The molecule has 104 valence electrons. The van der Waals surface area contributed by atoms with Crippen molar-refractivity contribution in [3.05, 3.63) is 18.0 Å². The maximum absolute atomic E-state index is 12.0. The van der Waals surface area contributed by atoms with Gasteiger partial charge in [0.1, 0.15) is 5.69 Å². The largest absolute Gasteiger partial charge is 0.466 e. The van der Waals surface area contributed by atoms with E-state index in [1.165, 1.54) is 0 Å². The molecule has 1 fully saturated rings. The first-order valence-electron chi connectivity index (χ1n) is 6.53. The summed E-state index contributed by atoms with van der Waals surface area (Å²) >= 11 is 0. The molecule has 0 unspecified atom stereocenters. The summed E-state index contributed by atoms with van der Waals surface area (Å²) in [5.74, 6) is -0.507. The van der Waals surface area contributed by atoms with Crippen LogP contribution >= 0.6 is 0 Å². The van der Waals surface area contributed by atoms with Crippen LogP contribution in [0.15, 0.2) is 12.3 Å². The topological polar surface area (TPSA) is 86.3 Å². The number of aromatic nitrogens is 1. The Balaban J connectivity index is 1.87. The lowest BCUT2D eigenvalue weighted by Gasteiger charge is -2.08. The van der Waals surface area contributed by atoms with Crippen LogP contribution in [0.2, 0.25) is 0 Å². The molecule has 1 heterocycles. The summed E-state index contributed by atoms with van der Waals surface area (Å²) in [6, 6.07) is 2.06. The number of ether oxygens (including phenoxy) is 1. The van der Waals surface area contributed by atoms with Gasteiger partial charge in [0.15, 0.2) is 0 Å². The zero-order chi connectivity index (χ0) is 13.8. The Morgan fingerprint density at radius 3 is 2.89 bits per heavy atom. The van der Waals surface area contributed by atoms with Gasteiger partial charge in [0.2, 0.25) is 0 Å². The molecule has 0 radical (unpaired) electrons. The zero-order valence-corrected chi connectivity index (χ0v) is 11.0. The second-order valence-electron chi connectivity index (χ2n) is 4.61. The van der Waals surface area contributed by atoms with Gasteiger partial charge in [0.05, 0.1) is 18.7 Å². The molecular weight excluding hydrogens is 246 g/mol. The van der Waals surface area contributed by atoms with Crippen molar-refractivity contribution in [2.45, 2.75) is 32.2 Å². The predicted octanol–water partition coefficient (Wildman–Crippen LogP) is 1.09. The maximum Gasteiger partial charge on any atom is 0.307 e. The van der Waals surface area contributed by atoms with Crippen LogP contribution < -0.4 is 11.1 Å². The molecule has 1 aromatic rings. The summed E-state index contributed by atoms with van der Waals surface area (Å²) in [7, 11) is 0. The molecule has 6 nitrogen and oxygen atoms in total. The first-order valence-corrected chi connectivity index (χ1v) is 6.53. The molecule has 3 N–H and O–H groups in total. The van der Waals surface area contributed by atoms with Gasteiger partial charge in [-0.3, -0.25) is 9.59 Å². The van der Waals surface area contributed by atoms with Crippen LogP contribution in [0.25, 0.3) is 0 Å². The zero-order valence-electron chi connectivity index (χ0n) is 11.0. The Bertz CT molecular complexity index is 477. The van der Waals surface area contributed by atoms with Crippen molar-refractivity contribution in [2.75, 3.05) is 18.9 Å². The summed E-state index contributed by atoms with van der Waals surface area (Å²) in [4.78, 5) is 23.2. The molecule has 1 aliphatic carbocycles. The van der Waals surface area contributed by atoms with E-state index in [2.05, 4.69) is 5.32 Å². The number of nitrogens with one attached hydrogen (secondary N) is 1. The minimum Gasteiger partial charge on any atom is -0.466 e. The molecule has 0 bridgehead atoms. The number of nitrogens with two attached hydrogens (primary N) is 1. The van der Waals surface area contributed by atoms with E-state index in [1.807, 2.05) is 4.57 Å². The first kappa shape index (κ1) is 13.5. The number of nitrogen functional groups attached to an aromatic ring is 1. The minimum atomic E-state index is -0.306. The second kappa shape index (κ2) is 5.77. The van der Waals surface area contributed by atoms with Crippen molar-refractivity contribution in [3.63, 3.8) is 0 Å². The van der Waals surface area contributed by atoms with Gasteiger partial charge >= 0.3 is 5.97 Å². The van der Waals surface area contributed by atoms with Gasteiger partial charge in [-0.15, -0.1) is 0 Å². The fourth-order valence-corrected chi connectivity index (χ4v) is 1.94. The van der Waals surface area contributed by atoms with E-state index < -0.39 is 0 Å². The number of carbonyl (C=O) groups is 2. The highest BCUT2D eigenvalue weighted by atomic mass is 16.5. The number of anilines is 1. The minimum absolute atomic E-state index is 0.180. The van der Waals surface area contributed by atoms with Crippen LogP contribution in [0.3, 0.4) is 0 Å². The number of carbonyl (C=O) groups excluding carboxylic acids is 2. The van der Waals surface area contributed by atoms with Gasteiger partial charge in [-0.1, -0.05) is 0 Å². The molecule has 2 rings (SSSR count). The summed E-state index contributed by atoms with van der Waals surface area (Å²) < 4.78 is 6.70. The molecule has 0 spiro atoms. The molecule has 19 heavy (non-hydrogen) atoms. The number of rotatable bonds is 6. The van der Waals surface area contributed by atoms with E-state index in [4.69, 9.17) is 10.5 Å². The molecule has 1 aromatic heterocycles. The van der Waals surface area contributed by atoms with E-state index in [-0.39, 0.29) is 24.8 Å². The first-order chi connectivity index (χ1) is 9.11. The average molecular weight is 265 g/mol. The van der Waals surface area contributed by atoms with Crippen molar-refractivity contribution >= 4 is 17.6 Å². The summed E-state index contributed by atoms with van der Waals surface area (Å²) in [5, 5.41) is 2.71. The van der Waals surface area contributed by atoms with Gasteiger partial charge in [-0.25, -0.2) is 0 Å².